The summed E-state index contributed by atoms with van der Waals surface area (Å²) < 4.78 is 33.7. The Kier molecular flexibility index (Phi) is 19.9. The van der Waals surface area contributed by atoms with Gasteiger partial charge in [-0.1, -0.05) is 90.4 Å². The van der Waals surface area contributed by atoms with E-state index >= 15 is 0 Å². The van der Waals surface area contributed by atoms with Crippen molar-refractivity contribution in [3.63, 3.8) is 0 Å². The molecule has 2 unspecified atom stereocenters. The number of unbranched alkanes of at least 4 members (excludes halogenated alkanes) is 13. The number of phosphoric acid groups is 1. The summed E-state index contributed by atoms with van der Waals surface area (Å²) >= 11 is 0. The lowest BCUT2D eigenvalue weighted by Gasteiger charge is -2.29. The molecular weight excluding hydrogens is 453 g/mol. The molecule has 1 fully saturated rings. The van der Waals surface area contributed by atoms with Crippen LogP contribution >= 0.6 is 7.82 Å². The van der Waals surface area contributed by atoms with E-state index in [9.17, 15) is 9.46 Å². The first-order valence-electron chi connectivity index (χ1n) is 13.9. The zero-order valence-electron chi connectivity index (χ0n) is 22.4. The van der Waals surface area contributed by atoms with Crippen LogP contribution in [0.25, 0.3) is 0 Å². The summed E-state index contributed by atoms with van der Waals surface area (Å²) in [6.07, 6.45) is 19.6. The molecule has 2 atom stereocenters. The molecule has 0 aliphatic carbocycles. The van der Waals surface area contributed by atoms with Crippen LogP contribution < -0.4 is 0 Å². The van der Waals surface area contributed by atoms with Gasteiger partial charge in [0, 0.05) is 26.8 Å². The van der Waals surface area contributed by atoms with Crippen LogP contribution in [0.2, 0.25) is 0 Å². The van der Waals surface area contributed by atoms with Crippen molar-refractivity contribution in [3.8, 4) is 0 Å². The minimum atomic E-state index is -4.08. The fourth-order valence-electron chi connectivity index (χ4n) is 4.28. The predicted molar refractivity (Wildman–Crippen MR) is 139 cm³/mol. The fourth-order valence-corrected chi connectivity index (χ4v) is 5.29. The highest BCUT2D eigenvalue weighted by atomic mass is 31.2. The van der Waals surface area contributed by atoms with E-state index in [1.807, 2.05) is 7.05 Å². The molecule has 1 saturated heterocycles. The van der Waals surface area contributed by atoms with Gasteiger partial charge in [-0.05, 0) is 26.3 Å². The van der Waals surface area contributed by atoms with Gasteiger partial charge in [0.15, 0.2) is 0 Å². The molecule has 7 nitrogen and oxygen atoms in total. The van der Waals surface area contributed by atoms with Gasteiger partial charge in [-0.3, -0.25) is 9.05 Å². The molecule has 0 amide bonds. The second-order valence-electron chi connectivity index (χ2n) is 9.90. The second-order valence-corrected chi connectivity index (χ2v) is 11.3. The maximum absolute atomic E-state index is 12.2. The summed E-state index contributed by atoms with van der Waals surface area (Å²) in [5.41, 5.74) is 0. The van der Waals surface area contributed by atoms with Gasteiger partial charge in [0.25, 0.3) is 0 Å². The third-order valence-corrected chi connectivity index (χ3v) is 7.69. The first-order chi connectivity index (χ1) is 16.5. The molecule has 0 radical (unpaired) electrons. The van der Waals surface area contributed by atoms with Crippen molar-refractivity contribution < 1.29 is 28.0 Å². The normalized spacial score (nSPS) is 18.2. The first kappa shape index (κ1) is 32.0. The molecule has 1 aliphatic rings. The number of hydrogen-bond donors (Lipinski definition) is 1. The Morgan fingerprint density at radius 1 is 0.853 bits per heavy atom. The summed E-state index contributed by atoms with van der Waals surface area (Å²) in [5, 5.41) is 0. The topological polar surface area (TPSA) is 77.5 Å². The Bertz CT molecular complexity index is 502. The number of methoxy groups -OCH3 is 1. The monoisotopic (exact) mass is 507 g/mol. The van der Waals surface area contributed by atoms with E-state index in [1.54, 1.807) is 7.11 Å². The Hall–Kier alpha value is -0.0100. The molecule has 1 heterocycles. The van der Waals surface area contributed by atoms with Gasteiger partial charge >= 0.3 is 7.82 Å². The van der Waals surface area contributed by atoms with E-state index in [-0.39, 0.29) is 18.8 Å². The lowest BCUT2D eigenvalue weighted by atomic mass is 10.0. The number of nitrogens with zero attached hydrogens (tertiary/aromatic N) is 1. The lowest BCUT2D eigenvalue weighted by molar-refractivity contribution is -0.0260. The molecule has 0 aromatic heterocycles. The number of ether oxygens (including phenoxy) is 2. The smallest absolute Gasteiger partial charge is 0.379 e. The molecule has 1 rings (SSSR count). The van der Waals surface area contributed by atoms with Crippen molar-refractivity contribution in [2.24, 2.45) is 0 Å². The van der Waals surface area contributed by atoms with Crippen molar-refractivity contribution in [1.82, 2.24) is 4.90 Å². The van der Waals surface area contributed by atoms with E-state index in [2.05, 4.69) is 11.8 Å². The SMILES string of the molecule is CCCCCCCCCCCCCCCCOCC(COP(=O)(O)OC1CCN(C)CC1)OC. The second kappa shape index (κ2) is 21.1. The number of rotatable bonds is 23. The summed E-state index contributed by atoms with van der Waals surface area (Å²) in [4.78, 5) is 12.2. The van der Waals surface area contributed by atoms with Gasteiger partial charge < -0.3 is 19.3 Å². The van der Waals surface area contributed by atoms with E-state index in [0.717, 1.165) is 32.4 Å². The Morgan fingerprint density at radius 2 is 1.35 bits per heavy atom. The number of phosphoric ester groups is 1. The highest BCUT2D eigenvalue weighted by molar-refractivity contribution is 7.47. The van der Waals surface area contributed by atoms with Gasteiger partial charge in [0.1, 0.15) is 6.10 Å². The van der Waals surface area contributed by atoms with Gasteiger partial charge in [0.2, 0.25) is 0 Å². The summed E-state index contributed by atoms with van der Waals surface area (Å²) in [6, 6.07) is 0. The molecule has 1 N–H and O–H groups in total. The van der Waals surface area contributed by atoms with Crippen LogP contribution in [0.5, 0.6) is 0 Å². The summed E-state index contributed by atoms with van der Waals surface area (Å²) in [5.74, 6) is 0. The Balaban J connectivity index is 1.92. The molecule has 0 spiro atoms. The molecule has 34 heavy (non-hydrogen) atoms. The molecule has 0 saturated carbocycles. The average Bonchev–Trinajstić information content (AvgIpc) is 2.82. The zero-order valence-corrected chi connectivity index (χ0v) is 23.3. The molecule has 0 aromatic rings. The largest absolute Gasteiger partial charge is 0.472 e. The molecule has 0 bridgehead atoms. The lowest BCUT2D eigenvalue weighted by Crippen LogP contribution is -2.34. The van der Waals surface area contributed by atoms with Crippen molar-refractivity contribution >= 4 is 7.82 Å². The standard InChI is InChI=1S/C26H54NO6P/c1-4-5-6-7-8-9-10-11-12-13-14-15-16-17-22-31-23-26(30-3)24-32-34(28,29)33-25-18-20-27(2)21-19-25/h25-26H,4-24H2,1-3H3,(H,28,29). The molecular formula is C26H54NO6P. The Morgan fingerprint density at radius 3 is 1.85 bits per heavy atom. The van der Waals surface area contributed by atoms with Crippen molar-refractivity contribution in [1.29, 1.82) is 0 Å². The minimum absolute atomic E-state index is 0.0182. The Labute approximate surface area is 209 Å². The van der Waals surface area contributed by atoms with Crippen LogP contribution in [-0.4, -0.2) is 69.1 Å². The van der Waals surface area contributed by atoms with Gasteiger partial charge in [-0.25, -0.2) is 4.57 Å². The van der Waals surface area contributed by atoms with Crippen LogP contribution in [0, 0.1) is 0 Å². The molecule has 8 heteroatoms. The zero-order chi connectivity index (χ0) is 24.9. The summed E-state index contributed by atoms with van der Waals surface area (Å²) in [7, 11) is -0.484. The van der Waals surface area contributed by atoms with Gasteiger partial charge in [-0.2, -0.15) is 0 Å². The predicted octanol–water partition coefficient (Wildman–Crippen LogP) is 6.73. The molecule has 1 aliphatic heterocycles. The minimum Gasteiger partial charge on any atom is -0.379 e. The van der Waals surface area contributed by atoms with E-state index in [4.69, 9.17) is 18.5 Å². The van der Waals surface area contributed by atoms with E-state index in [0.29, 0.717) is 13.2 Å². The molecule has 204 valence electrons. The fraction of sp³-hybridized carbons (Fsp3) is 1.00. The first-order valence-corrected chi connectivity index (χ1v) is 15.4. The summed E-state index contributed by atoms with van der Waals surface area (Å²) in [6.45, 7) is 5.00. The van der Waals surface area contributed by atoms with Crippen LogP contribution in [0.15, 0.2) is 0 Å². The van der Waals surface area contributed by atoms with Gasteiger partial charge in [-0.15, -0.1) is 0 Å². The van der Waals surface area contributed by atoms with Crippen LogP contribution in [0.1, 0.15) is 110 Å². The quantitative estimate of drug-likeness (QED) is 0.121. The van der Waals surface area contributed by atoms with Crippen molar-refractivity contribution in [2.75, 3.05) is 47.1 Å². The van der Waals surface area contributed by atoms with Crippen LogP contribution in [0.4, 0.5) is 0 Å². The average molecular weight is 508 g/mol. The van der Waals surface area contributed by atoms with Crippen molar-refractivity contribution in [3.05, 3.63) is 0 Å². The van der Waals surface area contributed by atoms with E-state index in [1.165, 1.54) is 83.5 Å². The number of hydrogen-bond acceptors (Lipinski definition) is 6. The maximum atomic E-state index is 12.2. The number of piperidine rings is 1. The van der Waals surface area contributed by atoms with Crippen LogP contribution in [0.3, 0.4) is 0 Å². The highest BCUT2D eigenvalue weighted by Gasteiger charge is 2.29. The third-order valence-electron chi connectivity index (χ3n) is 6.65. The van der Waals surface area contributed by atoms with Crippen LogP contribution in [-0.2, 0) is 23.1 Å². The maximum Gasteiger partial charge on any atom is 0.472 e. The van der Waals surface area contributed by atoms with Gasteiger partial charge in [0.05, 0.1) is 19.3 Å². The number of likely N-dealkylation sites (tertiary alicyclic amines) is 1. The van der Waals surface area contributed by atoms with Crippen molar-refractivity contribution in [2.45, 2.75) is 122 Å². The third kappa shape index (κ3) is 18.3. The van der Waals surface area contributed by atoms with E-state index < -0.39 is 7.82 Å². The molecule has 0 aromatic carbocycles. The highest BCUT2D eigenvalue weighted by Crippen LogP contribution is 2.46.